The maximum absolute atomic E-state index is 4.61. The minimum atomic E-state index is 0.716. The van der Waals surface area contributed by atoms with Crippen LogP contribution in [0.2, 0.25) is 0 Å². The predicted octanol–water partition coefficient (Wildman–Crippen LogP) is 3.29. The number of hydrogen-bond donors (Lipinski definition) is 1. The SMILES string of the molecule is CCN(CC)c1cc(C)nc(NCCc2ccccc2)n1. The van der Waals surface area contributed by atoms with Gasteiger partial charge in [0.15, 0.2) is 0 Å². The topological polar surface area (TPSA) is 41.1 Å². The summed E-state index contributed by atoms with van der Waals surface area (Å²) in [5.74, 6) is 1.71. The Morgan fingerprint density at radius 1 is 1.05 bits per heavy atom. The summed E-state index contributed by atoms with van der Waals surface area (Å²) >= 11 is 0. The molecule has 0 aliphatic heterocycles. The van der Waals surface area contributed by atoms with E-state index < -0.39 is 0 Å². The first kappa shape index (κ1) is 15.3. The highest BCUT2D eigenvalue weighted by molar-refractivity contribution is 5.44. The van der Waals surface area contributed by atoms with Crippen LogP contribution in [-0.2, 0) is 6.42 Å². The van der Waals surface area contributed by atoms with E-state index in [4.69, 9.17) is 0 Å². The van der Waals surface area contributed by atoms with Crippen LogP contribution in [0.15, 0.2) is 36.4 Å². The lowest BCUT2D eigenvalue weighted by molar-refractivity contribution is 0.837. The predicted molar refractivity (Wildman–Crippen MR) is 89.0 cm³/mol. The standard InChI is InChI=1S/C17H24N4/c1-4-21(5-2)16-13-14(3)19-17(20-16)18-12-11-15-9-7-6-8-10-15/h6-10,13H,4-5,11-12H2,1-3H3,(H,18,19,20). The van der Waals surface area contributed by atoms with Gasteiger partial charge in [-0.3, -0.25) is 0 Å². The number of nitrogens with one attached hydrogen (secondary N) is 1. The van der Waals surface area contributed by atoms with Gasteiger partial charge in [0.25, 0.3) is 0 Å². The van der Waals surface area contributed by atoms with Crippen LogP contribution in [0, 0.1) is 6.92 Å². The minimum Gasteiger partial charge on any atom is -0.357 e. The maximum atomic E-state index is 4.61. The minimum absolute atomic E-state index is 0.716. The van der Waals surface area contributed by atoms with Gasteiger partial charge in [-0.05, 0) is 32.8 Å². The molecule has 0 unspecified atom stereocenters. The average molecular weight is 284 g/mol. The van der Waals surface area contributed by atoms with Crippen LogP contribution in [-0.4, -0.2) is 29.6 Å². The highest BCUT2D eigenvalue weighted by Crippen LogP contribution is 2.14. The molecule has 112 valence electrons. The van der Waals surface area contributed by atoms with E-state index in [1.165, 1.54) is 5.56 Å². The second kappa shape index (κ2) is 7.62. The summed E-state index contributed by atoms with van der Waals surface area (Å²) in [5, 5.41) is 3.33. The lowest BCUT2D eigenvalue weighted by Crippen LogP contribution is -2.24. The van der Waals surface area contributed by atoms with Crippen LogP contribution < -0.4 is 10.2 Å². The molecule has 2 rings (SSSR count). The molecule has 0 aliphatic carbocycles. The van der Waals surface area contributed by atoms with Gasteiger partial charge in [0.05, 0.1) is 0 Å². The highest BCUT2D eigenvalue weighted by atomic mass is 15.2. The van der Waals surface area contributed by atoms with Crippen LogP contribution in [0.4, 0.5) is 11.8 Å². The fraction of sp³-hybridized carbons (Fsp3) is 0.412. The molecule has 1 N–H and O–H groups in total. The first-order chi connectivity index (χ1) is 10.2. The second-order valence-corrected chi connectivity index (χ2v) is 5.03. The summed E-state index contributed by atoms with van der Waals surface area (Å²) in [7, 11) is 0. The molecule has 0 aliphatic rings. The first-order valence-corrected chi connectivity index (χ1v) is 7.61. The van der Waals surface area contributed by atoms with Crippen molar-refractivity contribution in [3.63, 3.8) is 0 Å². The highest BCUT2D eigenvalue weighted by Gasteiger charge is 2.07. The van der Waals surface area contributed by atoms with E-state index in [2.05, 4.69) is 58.3 Å². The Morgan fingerprint density at radius 3 is 2.43 bits per heavy atom. The third kappa shape index (κ3) is 4.45. The van der Waals surface area contributed by atoms with Crippen molar-refractivity contribution < 1.29 is 0 Å². The molecule has 1 aromatic heterocycles. The van der Waals surface area contributed by atoms with E-state index in [0.29, 0.717) is 5.95 Å². The monoisotopic (exact) mass is 284 g/mol. The van der Waals surface area contributed by atoms with Gasteiger partial charge in [0.2, 0.25) is 5.95 Å². The molecular weight excluding hydrogens is 260 g/mol. The van der Waals surface area contributed by atoms with Gasteiger partial charge < -0.3 is 10.2 Å². The van der Waals surface area contributed by atoms with Crippen molar-refractivity contribution >= 4 is 11.8 Å². The number of anilines is 2. The van der Waals surface area contributed by atoms with Crippen molar-refractivity contribution in [3.8, 4) is 0 Å². The molecule has 1 heterocycles. The number of hydrogen-bond acceptors (Lipinski definition) is 4. The van der Waals surface area contributed by atoms with E-state index in [-0.39, 0.29) is 0 Å². The molecule has 0 saturated carbocycles. The van der Waals surface area contributed by atoms with Crippen molar-refractivity contribution in [3.05, 3.63) is 47.7 Å². The normalized spacial score (nSPS) is 10.4. The second-order valence-electron chi connectivity index (χ2n) is 5.03. The van der Waals surface area contributed by atoms with Crippen LogP contribution in [0.25, 0.3) is 0 Å². The Labute approximate surface area is 127 Å². The molecule has 0 fully saturated rings. The molecule has 0 bridgehead atoms. The summed E-state index contributed by atoms with van der Waals surface area (Å²) in [4.78, 5) is 11.3. The first-order valence-electron chi connectivity index (χ1n) is 7.61. The average Bonchev–Trinajstić information content (AvgIpc) is 2.49. The van der Waals surface area contributed by atoms with Gasteiger partial charge >= 0.3 is 0 Å². The molecule has 21 heavy (non-hydrogen) atoms. The van der Waals surface area contributed by atoms with E-state index in [1.54, 1.807) is 0 Å². The van der Waals surface area contributed by atoms with Crippen molar-refractivity contribution in [1.29, 1.82) is 0 Å². The molecule has 2 aromatic rings. The zero-order chi connectivity index (χ0) is 15.1. The van der Waals surface area contributed by atoms with E-state index in [1.807, 2.05) is 19.1 Å². The van der Waals surface area contributed by atoms with Crippen LogP contribution in [0.3, 0.4) is 0 Å². The Balaban J connectivity index is 1.99. The van der Waals surface area contributed by atoms with E-state index in [9.17, 15) is 0 Å². The van der Waals surface area contributed by atoms with Gasteiger partial charge in [0.1, 0.15) is 5.82 Å². The summed E-state index contributed by atoms with van der Waals surface area (Å²) in [6.07, 6.45) is 0.971. The van der Waals surface area contributed by atoms with E-state index in [0.717, 1.165) is 37.6 Å². The molecule has 0 radical (unpaired) electrons. The molecule has 1 aromatic carbocycles. The molecule has 0 saturated heterocycles. The third-order valence-corrected chi connectivity index (χ3v) is 3.47. The number of benzene rings is 1. The molecule has 4 heteroatoms. The summed E-state index contributed by atoms with van der Waals surface area (Å²) in [5.41, 5.74) is 2.32. The van der Waals surface area contributed by atoms with Gasteiger partial charge in [-0.25, -0.2) is 4.98 Å². The molecule has 0 spiro atoms. The lowest BCUT2D eigenvalue weighted by atomic mass is 10.1. The Bertz CT molecular complexity index is 550. The maximum Gasteiger partial charge on any atom is 0.224 e. The Morgan fingerprint density at radius 2 is 1.76 bits per heavy atom. The van der Waals surface area contributed by atoms with Gasteiger partial charge in [-0.15, -0.1) is 0 Å². The summed E-state index contributed by atoms with van der Waals surface area (Å²) in [6, 6.07) is 12.5. The van der Waals surface area contributed by atoms with Crippen molar-refractivity contribution in [2.45, 2.75) is 27.2 Å². The van der Waals surface area contributed by atoms with Gasteiger partial charge in [-0.1, -0.05) is 30.3 Å². The Kier molecular flexibility index (Phi) is 5.55. The third-order valence-electron chi connectivity index (χ3n) is 3.47. The fourth-order valence-electron chi connectivity index (χ4n) is 2.30. The number of aromatic nitrogens is 2. The number of nitrogens with zero attached hydrogens (tertiary/aromatic N) is 3. The van der Waals surface area contributed by atoms with Gasteiger partial charge in [0, 0.05) is 31.4 Å². The fourth-order valence-corrected chi connectivity index (χ4v) is 2.30. The molecular formula is C17H24N4. The van der Waals surface area contributed by atoms with Crippen LogP contribution in [0.5, 0.6) is 0 Å². The number of rotatable bonds is 7. The molecule has 0 atom stereocenters. The Hall–Kier alpha value is -2.10. The van der Waals surface area contributed by atoms with Gasteiger partial charge in [-0.2, -0.15) is 4.98 Å². The zero-order valence-electron chi connectivity index (χ0n) is 13.1. The molecule has 4 nitrogen and oxygen atoms in total. The largest absolute Gasteiger partial charge is 0.357 e. The quantitative estimate of drug-likeness (QED) is 0.847. The lowest BCUT2D eigenvalue weighted by Gasteiger charge is -2.20. The molecule has 0 amide bonds. The van der Waals surface area contributed by atoms with Crippen LogP contribution in [0.1, 0.15) is 25.1 Å². The smallest absolute Gasteiger partial charge is 0.224 e. The van der Waals surface area contributed by atoms with Crippen molar-refractivity contribution in [2.75, 3.05) is 29.9 Å². The summed E-state index contributed by atoms with van der Waals surface area (Å²) in [6.45, 7) is 9.04. The van der Waals surface area contributed by atoms with Crippen LogP contribution >= 0.6 is 0 Å². The zero-order valence-corrected chi connectivity index (χ0v) is 13.1. The van der Waals surface area contributed by atoms with Crippen molar-refractivity contribution in [1.82, 2.24) is 9.97 Å². The summed E-state index contributed by atoms with van der Waals surface area (Å²) < 4.78 is 0. The van der Waals surface area contributed by atoms with E-state index >= 15 is 0 Å². The number of aryl methyl sites for hydroxylation is 1. The van der Waals surface area contributed by atoms with Crippen molar-refractivity contribution in [2.24, 2.45) is 0 Å².